The van der Waals surface area contributed by atoms with E-state index in [4.69, 9.17) is 0 Å². The Balaban J connectivity index is 2.04. The molecule has 1 nitrogen and oxygen atoms in total. The number of hydrogen-bond acceptors (Lipinski definition) is 1. The van der Waals surface area contributed by atoms with Gasteiger partial charge >= 0.3 is 0 Å². The van der Waals surface area contributed by atoms with E-state index >= 15 is 0 Å². The highest BCUT2D eigenvalue weighted by Crippen LogP contribution is 2.52. The van der Waals surface area contributed by atoms with Crippen molar-refractivity contribution in [3.8, 4) is 0 Å². The van der Waals surface area contributed by atoms with E-state index in [-0.39, 0.29) is 6.10 Å². The number of rotatable bonds is 0. The van der Waals surface area contributed by atoms with Crippen LogP contribution in [-0.4, -0.2) is 11.2 Å². The van der Waals surface area contributed by atoms with Crippen LogP contribution in [0.5, 0.6) is 0 Å². The molecule has 0 saturated heterocycles. The van der Waals surface area contributed by atoms with Crippen molar-refractivity contribution in [2.75, 3.05) is 0 Å². The SMILES string of the molecule is OC1C2C=CC1C1CC=CC21. The third kappa shape index (κ3) is 0.564. The third-order valence-corrected chi connectivity index (χ3v) is 3.54. The van der Waals surface area contributed by atoms with Gasteiger partial charge in [-0.1, -0.05) is 24.3 Å². The normalized spacial score (nSPS) is 57.4. The molecular weight excluding hydrogens is 136 g/mol. The van der Waals surface area contributed by atoms with Crippen LogP contribution in [-0.2, 0) is 0 Å². The molecule has 3 rings (SSSR count). The van der Waals surface area contributed by atoms with Crippen molar-refractivity contribution in [3.05, 3.63) is 24.3 Å². The summed E-state index contributed by atoms with van der Waals surface area (Å²) < 4.78 is 0. The van der Waals surface area contributed by atoms with E-state index in [2.05, 4.69) is 24.3 Å². The predicted octanol–water partition coefficient (Wildman–Crippen LogP) is 1.36. The molecule has 0 aromatic carbocycles. The van der Waals surface area contributed by atoms with Gasteiger partial charge in [-0.05, 0) is 18.3 Å². The minimum atomic E-state index is -0.0602. The fourth-order valence-corrected chi connectivity index (χ4v) is 3.01. The Labute approximate surface area is 66.4 Å². The van der Waals surface area contributed by atoms with Gasteiger partial charge in [-0.2, -0.15) is 0 Å². The van der Waals surface area contributed by atoms with Crippen molar-refractivity contribution in [2.45, 2.75) is 12.5 Å². The first-order valence-electron chi connectivity index (χ1n) is 4.41. The molecule has 5 unspecified atom stereocenters. The molecule has 0 spiro atoms. The molecule has 0 amide bonds. The van der Waals surface area contributed by atoms with Gasteiger partial charge < -0.3 is 5.11 Å². The summed E-state index contributed by atoms with van der Waals surface area (Å²) in [6.45, 7) is 0. The van der Waals surface area contributed by atoms with Crippen molar-refractivity contribution >= 4 is 0 Å². The van der Waals surface area contributed by atoms with Crippen LogP contribution < -0.4 is 0 Å². The van der Waals surface area contributed by atoms with Crippen LogP contribution in [0.3, 0.4) is 0 Å². The molecule has 2 bridgehead atoms. The summed E-state index contributed by atoms with van der Waals surface area (Å²) >= 11 is 0. The molecule has 3 aliphatic rings. The first-order chi connectivity index (χ1) is 5.38. The predicted molar refractivity (Wildman–Crippen MR) is 42.9 cm³/mol. The molecule has 0 aromatic rings. The van der Waals surface area contributed by atoms with Crippen molar-refractivity contribution in [2.24, 2.45) is 23.7 Å². The van der Waals surface area contributed by atoms with Crippen molar-refractivity contribution in [1.82, 2.24) is 0 Å². The van der Waals surface area contributed by atoms with E-state index < -0.39 is 0 Å². The minimum Gasteiger partial charge on any atom is -0.392 e. The summed E-state index contributed by atoms with van der Waals surface area (Å²) in [5.74, 6) is 2.32. The number of fused-ring (bicyclic) bond motifs is 5. The Kier molecular flexibility index (Phi) is 0.972. The van der Waals surface area contributed by atoms with Gasteiger partial charge in [0.2, 0.25) is 0 Å². The lowest BCUT2D eigenvalue weighted by Crippen LogP contribution is -2.15. The van der Waals surface area contributed by atoms with Gasteiger partial charge in [0.15, 0.2) is 0 Å². The second-order valence-corrected chi connectivity index (χ2v) is 3.94. The topological polar surface area (TPSA) is 20.2 Å². The van der Waals surface area contributed by atoms with Crippen LogP contribution in [0.1, 0.15) is 6.42 Å². The first-order valence-corrected chi connectivity index (χ1v) is 4.41. The lowest BCUT2D eigenvalue weighted by atomic mass is 9.86. The summed E-state index contributed by atoms with van der Waals surface area (Å²) in [5, 5.41) is 9.74. The standard InChI is InChI=1S/C10H12O/c11-10-8-4-5-9(10)7-3-1-2-6(7)8/h1-2,4-11H,3H2. The largest absolute Gasteiger partial charge is 0.392 e. The number of aliphatic hydroxyl groups excluding tert-OH is 1. The van der Waals surface area contributed by atoms with Gasteiger partial charge in [0.25, 0.3) is 0 Å². The molecule has 1 heteroatoms. The lowest BCUT2D eigenvalue weighted by molar-refractivity contribution is 0.128. The first kappa shape index (κ1) is 6.01. The van der Waals surface area contributed by atoms with E-state index in [1.54, 1.807) is 0 Å². The molecule has 11 heavy (non-hydrogen) atoms. The molecule has 1 fully saturated rings. The maximum atomic E-state index is 9.74. The van der Waals surface area contributed by atoms with Crippen LogP contribution in [0.25, 0.3) is 0 Å². The second kappa shape index (κ2) is 1.78. The smallest absolute Gasteiger partial charge is 0.0674 e. The van der Waals surface area contributed by atoms with Crippen LogP contribution in [0.15, 0.2) is 24.3 Å². The minimum absolute atomic E-state index is 0.0602. The third-order valence-electron chi connectivity index (χ3n) is 3.54. The highest BCUT2D eigenvalue weighted by Gasteiger charge is 2.50. The molecule has 1 saturated carbocycles. The Hall–Kier alpha value is -0.560. The number of allylic oxidation sites excluding steroid dienone is 2. The van der Waals surface area contributed by atoms with Crippen molar-refractivity contribution in [1.29, 1.82) is 0 Å². The molecule has 3 aliphatic carbocycles. The summed E-state index contributed by atoms with van der Waals surface area (Å²) in [6, 6.07) is 0. The zero-order chi connectivity index (χ0) is 7.42. The summed E-state index contributed by atoms with van der Waals surface area (Å²) in [6.07, 6.45) is 10.1. The van der Waals surface area contributed by atoms with E-state index in [1.807, 2.05) is 0 Å². The molecule has 0 aromatic heterocycles. The maximum absolute atomic E-state index is 9.74. The molecule has 1 N–H and O–H groups in total. The highest BCUT2D eigenvalue weighted by atomic mass is 16.3. The molecule has 58 valence electrons. The van der Waals surface area contributed by atoms with Crippen molar-refractivity contribution < 1.29 is 5.11 Å². The van der Waals surface area contributed by atoms with E-state index in [0.29, 0.717) is 17.8 Å². The Morgan fingerprint density at radius 1 is 1.00 bits per heavy atom. The van der Waals surface area contributed by atoms with E-state index in [9.17, 15) is 5.11 Å². The Morgan fingerprint density at radius 2 is 1.82 bits per heavy atom. The summed E-state index contributed by atoms with van der Waals surface area (Å²) in [5.41, 5.74) is 0. The van der Waals surface area contributed by atoms with Crippen LogP contribution in [0.2, 0.25) is 0 Å². The highest BCUT2D eigenvalue weighted by molar-refractivity contribution is 5.25. The van der Waals surface area contributed by atoms with Gasteiger partial charge in [0.1, 0.15) is 0 Å². The van der Waals surface area contributed by atoms with E-state index in [0.717, 1.165) is 5.92 Å². The van der Waals surface area contributed by atoms with Gasteiger partial charge in [-0.25, -0.2) is 0 Å². The molecule has 5 atom stereocenters. The molecular formula is C10H12O. The monoisotopic (exact) mass is 148 g/mol. The summed E-state index contributed by atoms with van der Waals surface area (Å²) in [4.78, 5) is 0. The zero-order valence-electron chi connectivity index (χ0n) is 6.35. The van der Waals surface area contributed by atoms with Gasteiger partial charge in [0, 0.05) is 11.8 Å². The Morgan fingerprint density at radius 3 is 2.64 bits per heavy atom. The van der Waals surface area contributed by atoms with Gasteiger partial charge in [-0.15, -0.1) is 0 Å². The average molecular weight is 148 g/mol. The van der Waals surface area contributed by atoms with Crippen LogP contribution in [0, 0.1) is 23.7 Å². The van der Waals surface area contributed by atoms with Gasteiger partial charge in [-0.3, -0.25) is 0 Å². The maximum Gasteiger partial charge on any atom is 0.0674 e. The quantitative estimate of drug-likeness (QED) is 0.514. The fraction of sp³-hybridized carbons (Fsp3) is 0.600. The van der Waals surface area contributed by atoms with Crippen LogP contribution in [0.4, 0.5) is 0 Å². The fourth-order valence-electron chi connectivity index (χ4n) is 3.01. The van der Waals surface area contributed by atoms with E-state index in [1.165, 1.54) is 6.42 Å². The lowest BCUT2D eigenvalue weighted by Gasteiger charge is -2.18. The molecule has 0 radical (unpaired) electrons. The summed E-state index contributed by atoms with van der Waals surface area (Å²) in [7, 11) is 0. The van der Waals surface area contributed by atoms with Gasteiger partial charge in [0.05, 0.1) is 6.10 Å². The van der Waals surface area contributed by atoms with Crippen LogP contribution >= 0.6 is 0 Å². The second-order valence-electron chi connectivity index (χ2n) is 3.94. The number of hydrogen-bond donors (Lipinski definition) is 1. The molecule has 0 heterocycles. The number of aliphatic hydroxyl groups is 1. The average Bonchev–Trinajstić information content (AvgIpc) is 2.61. The zero-order valence-corrected chi connectivity index (χ0v) is 6.35. The Bertz CT molecular complexity index is 241. The van der Waals surface area contributed by atoms with Crippen molar-refractivity contribution in [3.63, 3.8) is 0 Å². The molecule has 0 aliphatic heterocycles.